The number of likely N-dealkylation sites (tertiary alicyclic amines) is 1. The average Bonchev–Trinajstić information content (AvgIpc) is 2.61. The smallest absolute Gasteiger partial charge is 0.239 e. The van der Waals surface area contributed by atoms with Crippen molar-refractivity contribution in [3.63, 3.8) is 0 Å². The van der Waals surface area contributed by atoms with Gasteiger partial charge in [-0.3, -0.25) is 4.79 Å². The number of rotatable bonds is 8. The van der Waals surface area contributed by atoms with Crippen molar-refractivity contribution in [2.45, 2.75) is 70.9 Å². The molecule has 2 atom stereocenters. The minimum atomic E-state index is 0.0747. The Bertz CT molecular complexity index is 230. The summed E-state index contributed by atoms with van der Waals surface area (Å²) in [5, 5.41) is 3.46. The lowest BCUT2D eigenvalue weighted by molar-refractivity contribution is -0.128. The highest BCUT2D eigenvalue weighted by molar-refractivity contribution is 5.83. The van der Waals surface area contributed by atoms with Crippen molar-refractivity contribution >= 4 is 5.91 Å². The highest BCUT2D eigenvalue weighted by Gasteiger charge is 2.29. The highest BCUT2D eigenvalue weighted by atomic mass is 16.2. The van der Waals surface area contributed by atoms with Gasteiger partial charge in [0.25, 0.3) is 0 Å². The summed E-state index contributed by atoms with van der Waals surface area (Å²) in [7, 11) is 1.89. The topological polar surface area (TPSA) is 32.3 Å². The normalized spacial score (nSPS) is 22.2. The molecule has 1 heterocycles. The Morgan fingerprint density at radius 1 is 1.35 bits per heavy atom. The van der Waals surface area contributed by atoms with E-state index in [1.165, 1.54) is 38.5 Å². The van der Waals surface area contributed by atoms with Crippen molar-refractivity contribution in [1.82, 2.24) is 10.2 Å². The van der Waals surface area contributed by atoms with E-state index < -0.39 is 0 Å². The summed E-state index contributed by atoms with van der Waals surface area (Å²) in [5.41, 5.74) is 0. The van der Waals surface area contributed by atoms with Gasteiger partial charge in [-0.1, -0.05) is 39.0 Å². The van der Waals surface area contributed by atoms with E-state index in [9.17, 15) is 4.79 Å². The second-order valence-electron chi connectivity index (χ2n) is 5.37. The van der Waals surface area contributed by atoms with Gasteiger partial charge < -0.3 is 10.2 Å². The number of amides is 1. The third-order valence-electron chi connectivity index (χ3n) is 3.65. The number of nitrogens with zero attached hydrogens (tertiary/aromatic N) is 1. The Hall–Kier alpha value is -0.570. The van der Waals surface area contributed by atoms with Gasteiger partial charge in [-0.25, -0.2) is 0 Å². The predicted molar refractivity (Wildman–Crippen MR) is 72.0 cm³/mol. The first-order valence-electron chi connectivity index (χ1n) is 7.16. The molecule has 0 spiro atoms. The van der Waals surface area contributed by atoms with E-state index >= 15 is 0 Å². The van der Waals surface area contributed by atoms with Crippen LogP contribution in [-0.2, 0) is 4.79 Å². The molecule has 0 aromatic heterocycles. The number of likely N-dealkylation sites (N-methyl/N-ethyl adjacent to an activating group) is 1. The molecule has 100 valence electrons. The zero-order valence-electron chi connectivity index (χ0n) is 11.7. The van der Waals surface area contributed by atoms with Gasteiger partial charge in [0.2, 0.25) is 5.91 Å². The van der Waals surface area contributed by atoms with Crippen molar-refractivity contribution in [2.75, 3.05) is 13.6 Å². The van der Waals surface area contributed by atoms with Gasteiger partial charge in [-0.2, -0.15) is 0 Å². The number of unbranched alkanes of at least 4 members (excludes halogenated alkanes) is 4. The van der Waals surface area contributed by atoms with E-state index in [-0.39, 0.29) is 11.9 Å². The molecule has 3 nitrogen and oxygen atoms in total. The van der Waals surface area contributed by atoms with Crippen LogP contribution in [0, 0.1) is 0 Å². The minimum absolute atomic E-state index is 0.0747. The van der Waals surface area contributed by atoms with Gasteiger partial charge in [0.1, 0.15) is 0 Å². The average molecular weight is 240 g/mol. The Labute approximate surface area is 106 Å². The summed E-state index contributed by atoms with van der Waals surface area (Å²) in [4.78, 5) is 13.5. The lowest BCUT2D eigenvalue weighted by atomic mass is 10.1. The number of hydrogen-bond donors (Lipinski definition) is 1. The van der Waals surface area contributed by atoms with Crippen LogP contribution in [0.3, 0.4) is 0 Å². The SMILES string of the molecule is CCCCCCCC(C)NC1CCN(C)C1=O. The van der Waals surface area contributed by atoms with Gasteiger partial charge in [0.15, 0.2) is 0 Å². The van der Waals surface area contributed by atoms with Crippen LogP contribution in [0.25, 0.3) is 0 Å². The summed E-state index contributed by atoms with van der Waals surface area (Å²) in [6.07, 6.45) is 8.79. The van der Waals surface area contributed by atoms with Gasteiger partial charge >= 0.3 is 0 Å². The Balaban J connectivity index is 2.08. The number of carbonyl (C=O) groups is 1. The van der Waals surface area contributed by atoms with Gasteiger partial charge in [-0.15, -0.1) is 0 Å². The van der Waals surface area contributed by atoms with Crippen molar-refractivity contribution in [3.8, 4) is 0 Å². The summed E-state index contributed by atoms with van der Waals surface area (Å²) < 4.78 is 0. The molecule has 1 aliphatic rings. The van der Waals surface area contributed by atoms with Crippen LogP contribution in [-0.4, -0.2) is 36.5 Å². The monoisotopic (exact) mass is 240 g/mol. The van der Waals surface area contributed by atoms with Crippen molar-refractivity contribution in [1.29, 1.82) is 0 Å². The molecule has 0 aliphatic carbocycles. The van der Waals surface area contributed by atoms with Crippen molar-refractivity contribution in [2.24, 2.45) is 0 Å². The molecule has 1 saturated heterocycles. The summed E-state index contributed by atoms with van der Waals surface area (Å²) in [6.45, 7) is 5.34. The molecule has 0 radical (unpaired) electrons. The first-order chi connectivity index (χ1) is 8.15. The number of nitrogens with one attached hydrogen (secondary N) is 1. The lowest BCUT2D eigenvalue weighted by Crippen LogP contribution is -2.41. The summed E-state index contributed by atoms with van der Waals surface area (Å²) in [6, 6.07) is 0.544. The molecule has 3 heteroatoms. The standard InChI is InChI=1S/C14H28N2O/c1-4-5-6-7-8-9-12(2)15-13-10-11-16(3)14(13)17/h12-13,15H,4-11H2,1-3H3. The minimum Gasteiger partial charge on any atom is -0.344 e. The molecule has 0 aromatic carbocycles. The molecule has 0 bridgehead atoms. The zero-order chi connectivity index (χ0) is 12.7. The lowest BCUT2D eigenvalue weighted by Gasteiger charge is -2.18. The molecular weight excluding hydrogens is 212 g/mol. The van der Waals surface area contributed by atoms with Crippen molar-refractivity contribution in [3.05, 3.63) is 0 Å². The third kappa shape index (κ3) is 5.07. The van der Waals surface area contributed by atoms with Crippen LogP contribution in [0.1, 0.15) is 58.8 Å². The second-order valence-corrected chi connectivity index (χ2v) is 5.37. The van der Waals surface area contributed by atoms with E-state index in [1.807, 2.05) is 11.9 Å². The van der Waals surface area contributed by atoms with Crippen LogP contribution in [0.2, 0.25) is 0 Å². The van der Waals surface area contributed by atoms with E-state index in [1.54, 1.807) is 0 Å². The second kappa shape index (κ2) is 7.70. The fraction of sp³-hybridized carbons (Fsp3) is 0.929. The zero-order valence-corrected chi connectivity index (χ0v) is 11.7. The molecule has 0 aromatic rings. The maximum Gasteiger partial charge on any atom is 0.239 e. The molecule has 1 amide bonds. The van der Waals surface area contributed by atoms with Gasteiger partial charge in [0.05, 0.1) is 6.04 Å². The first-order valence-corrected chi connectivity index (χ1v) is 7.16. The van der Waals surface area contributed by atoms with E-state index in [0.717, 1.165) is 13.0 Å². The Morgan fingerprint density at radius 2 is 2.06 bits per heavy atom. The van der Waals surface area contributed by atoms with Crippen LogP contribution < -0.4 is 5.32 Å². The van der Waals surface area contributed by atoms with E-state index in [0.29, 0.717) is 6.04 Å². The fourth-order valence-electron chi connectivity index (χ4n) is 2.46. The molecule has 1 fully saturated rings. The summed E-state index contributed by atoms with van der Waals surface area (Å²) >= 11 is 0. The van der Waals surface area contributed by atoms with Crippen LogP contribution in [0.15, 0.2) is 0 Å². The van der Waals surface area contributed by atoms with Gasteiger partial charge in [-0.05, 0) is 19.8 Å². The quantitative estimate of drug-likeness (QED) is 0.661. The molecular formula is C14H28N2O. The Morgan fingerprint density at radius 3 is 2.65 bits per heavy atom. The van der Waals surface area contributed by atoms with Crippen LogP contribution in [0.4, 0.5) is 0 Å². The molecule has 1 rings (SSSR count). The number of hydrogen-bond acceptors (Lipinski definition) is 2. The van der Waals surface area contributed by atoms with Crippen LogP contribution >= 0.6 is 0 Å². The van der Waals surface area contributed by atoms with Gasteiger partial charge in [0, 0.05) is 19.6 Å². The molecule has 1 aliphatic heterocycles. The van der Waals surface area contributed by atoms with E-state index in [4.69, 9.17) is 0 Å². The maximum absolute atomic E-state index is 11.7. The van der Waals surface area contributed by atoms with E-state index in [2.05, 4.69) is 19.2 Å². The maximum atomic E-state index is 11.7. The van der Waals surface area contributed by atoms with Crippen LogP contribution in [0.5, 0.6) is 0 Å². The first kappa shape index (κ1) is 14.5. The molecule has 17 heavy (non-hydrogen) atoms. The molecule has 2 unspecified atom stereocenters. The highest BCUT2D eigenvalue weighted by Crippen LogP contribution is 2.12. The molecule has 0 saturated carbocycles. The fourth-order valence-corrected chi connectivity index (χ4v) is 2.46. The third-order valence-corrected chi connectivity index (χ3v) is 3.65. The van der Waals surface area contributed by atoms with Crippen molar-refractivity contribution < 1.29 is 4.79 Å². The molecule has 1 N–H and O–H groups in total. The number of carbonyl (C=O) groups excluding carboxylic acids is 1. The predicted octanol–water partition coefficient (Wildman–Crippen LogP) is 2.56. The summed E-state index contributed by atoms with van der Waals surface area (Å²) in [5.74, 6) is 0.267. The Kier molecular flexibility index (Phi) is 6.56. The largest absolute Gasteiger partial charge is 0.344 e.